The van der Waals surface area contributed by atoms with Gasteiger partial charge < -0.3 is 10.5 Å². The minimum atomic E-state index is -0.278. The maximum Gasteiger partial charge on any atom is 0.313 e. The van der Waals surface area contributed by atoms with E-state index in [9.17, 15) is 4.79 Å². The van der Waals surface area contributed by atoms with E-state index in [4.69, 9.17) is 5.73 Å². The third-order valence-electron chi connectivity index (χ3n) is 1.80. The minimum absolute atomic E-state index is 0.258. The van der Waals surface area contributed by atoms with Gasteiger partial charge in [-0.25, -0.2) is 4.98 Å². The van der Waals surface area contributed by atoms with Crippen molar-refractivity contribution < 1.29 is 9.53 Å². The lowest BCUT2D eigenvalue weighted by Gasteiger charge is -2.06. The first kappa shape index (κ1) is 9.98. The molecule has 0 spiro atoms. The fourth-order valence-corrected chi connectivity index (χ4v) is 1.99. The number of rotatable bonds is 2. The molecular formula is C8H12N2O2S. The van der Waals surface area contributed by atoms with Crippen LogP contribution in [0.25, 0.3) is 0 Å². The molecule has 0 aliphatic carbocycles. The van der Waals surface area contributed by atoms with Crippen molar-refractivity contribution >= 4 is 22.4 Å². The van der Waals surface area contributed by atoms with Crippen LogP contribution < -0.4 is 5.73 Å². The largest absolute Gasteiger partial charge is 0.469 e. The number of nitrogen functional groups attached to an aromatic ring is 1. The molecule has 72 valence electrons. The average Bonchev–Trinajstić information content (AvgIpc) is 2.42. The van der Waals surface area contributed by atoms with Gasteiger partial charge >= 0.3 is 5.97 Å². The number of methoxy groups -OCH3 is 1. The van der Waals surface area contributed by atoms with Crippen LogP contribution in [-0.2, 0) is 9.53 Å². The Hall–Kier alpha value is -1.10. The number of nitrogens with zero attached hydrogens (tertiary/aromatic N) is 1. The third-order valence-corrected chi connectivity index (χ3v) is 2.97. The maximum atomic E-state index is 11.2. The molecule has 1 atom stereocenters. The summed E-state index contributed by atoms with van der Waals surface area (Å²) in [6, 6.07) is 0. The van der Waals surface area contributed by atoms with Gasteiger partial charge in [0.2, 0.25) is 0 Å². The van der Waals surface area contributed by atoms with Crippen molar-refractivity contribution in [2.75, 3.05) is 12.8 Å². The Bertz CT molecular complexity index is 322. The van der Waals surface area contributed by atoms with E-state index in [0.717, 1.165) is 10.6 Å². The molecule has 0 saturated heterocycles. The molecule has 1 unspecified atom stereocenters. The number of hydrogen-bond donors (Lipinski definition) is 1. The van der Waals surface area contributed by atoms with E-state index >= 15 is 0 Å². The second-order valence-corrected chi connectivity index (χ2v) is 3.81. The molecule has 0 fully saturated rings. The Morgan fingerprint density at radius 1 is 1.69 bits per heavy atom. The van der Waals surface area contributed by atoms with Gasteiger partial charge in [-0.3, -0.25) is 4.79 Å². The molecule has 4 nitrogen and oxygen atoms in total. The smallest absolute Gasteiger partial charge is 0.313 e. The molecule has 5 heteroatoms. The van der Waals surface area contributed by atoms with Crippen LogP contribution in [0.15, 0.2) is 0 Å². The van der Waals surface area contributed by atoms with Crippen LogP contribution in [0.3, 0.4) is 0 Å². The topological polar surface area (TPSA) is 65.2 Å². The molecule has 1 aromatic heterocycles. The van der Waals surface area contributed by atoms with E-state index in [1.807, 2.05) is 6.92 Å². The first-order valence-corrected chi connectivity index (χ1v) is 4.68. The number of thiazole rings is 1. The van der Waals surface area contributed by atoms with Gasteiger partial charge in [0.1, 0.15) is 0 Å². The summed E-state index contributed by atoms with van der Waals surface area (Å²) >= 11 is 1.33. The monoisotopic (exact) mass is 200 g/mol. The fraction of sp³-hybridized carbons (Fsp3) is 0.500. The maximum absolute atomic E-state index is 11.2. The summed E-state index contributed by atoms with van der Waals surface area (Å²) in [5.41, 5.74) is 6.32. The summed E-state index contributed by atoms with van der Waals surface area (Å²) in [5.74, 6) is -0.536. The molecule has 0 saturated carbocycles. The van der Waals surface area contributed by atoms with Gasteiger partial charge in [0.15, 0.2) is 5.13 Å². The number of hydrogen-bond acceptors (Lipinski definition) is 5. The highest BCUT2D eigenvalue weighted by molar-refractivity contribution is 7.15. The highest BCUT2D eigenvalue weighted by Crippen LogP contribution is 2.28. The van der Waals surface area contributed by atoms with Gasteiger partial charge in [-0.1, -0.05) is 0 Å². The zero-order chi connectivity index (χ0) is 10.0. The van der Waals surface area contributed by atoms with E-state index in [-0.39, 0.29) is 11.9 Å². The van der Waals surface area contributed by atoms with Crippen molar-refractivity contribution in [2.24, 2.45) is 0 Å². The van der Waals surface area contributed by atoms with E-state index < -0.39 is 0 Å². The van der Waals surface area contributed by atoms with Gasteiger partial charge in [0, 0.05) is 4.88 Å². The Kier molecular flexibility index (Phi) is 2.87. The Labute approximate surface area is 80.7 Å². The van der Waals surface area contributed by atoms with Gasteiger partial charge in [-0.05, 0) is 13.8 Å². The molecule has 0 bridgehead atoms. The summed E-state index contributed by atoms with van der Waals surface area (Å²) < 4.78 is 4.63. The first-order valence-electron chi connectivity index (χ1n) is 3.87. The highest BCUT2D eigenvalue weighted by atomic mass is 32.1. The number of nitrogens with two attached hydrogens (primary N) is 1. The fourth-order valence-electron chi connectivity index (χ4n) is 1.12. The summed E-state index contributed by atoms with van der Waals surface area (Å²) in [7, 11) is 1.37. The Balaban J connectivity index is 2.94. The number of aromatic nitrogens is 1. The van der Waals surface area contributed by atoms with Crippen molar-refractivity contribution in [3.05, 3.63) is 10.6 Å². The van der Waals surface area contributed by atoms with Crippen LogP contribution in [0, 0.1) is 6.92 Å². The van der Waals surface area contributed by atoms with Crippen molar-refractivity contribution in [3.63, 3.8) is 0 Å². The SMILES string of the molecule is COC(=O)C(C)c1sc(N)nc1C. The molecule has 0 aliphatic rings. The number of anilines is 1. The molecule has 1 heterocycles. The van der Waals surface area contributed by atoms with Crippen LogP contribution in [0.1, 0.15) is 23.4 Å². The Morgan fingerprint density at radius 3 is 2.69 bits per heavy atom. The molecule has 1 rings (SSSR count). The van der Waals surface area contributed by atoms with Crippen LogP contribution >= 0.6 is 11.3 Å². The van der Waals surface area contributed by atoms with E-state index in [1.54, 1.807) is 6.92 Å². The lowest BCUT2D eigenvalue weighted by Crippen LogP contribution is -2.10. The lowest BCUT2D eigenvalue weighted by molar-refractivity contribution is -0.141. The number of aryl methyl sites for hydroxylation is 1. The molecular weight excluding hydrogens is 188 g/mol. The van der Waals surface area contributed by atoms with E-state index in [0.29, 0.717) is 5.13 Å². The van der Waals surface area contributed by atoms with Crippen LogP contribution in [0.4, 0.5) is 5.13 Å². The molecule has 0 amide bonds. The quantitative estimate of drug-likeness (QED) is 0.731. The predicted octanol–water partition coefficient (Wildman–Crippen LogP) is 1.31. The molecule has 0 aromatic carbocycles. The third kappa shape index (κ3) is 1.98. The van der Waals surface area contributed by atoms with Gasteiger partial charge in [0.25, 0.3) is 0 Å². The first-order chi connectivity index (χ1) is 6.06. The molecule has 13 heavy (non-hydrogen) atoms. The highest BCUT2D eigenvalue weighted by Gasteiger charge is 2.20. The second kappa shape index (κ2) is 3.74. The van der Waals surface area contributed by atoms with Crippen LogP contribution in [0.2, 0.25) is 0 Å². The number of carbonyl (C=O) groups excluding carboxylic acids is 1. The minimum Gasteiger partial charge on any atom is -0.469 e. The van der Waals surface area contributed by atoms with Crippen molar-refractivity contribution in [1.82, 2.24) is 4.98 Å². The van der Waals surface area contributed by atoms with Crippen LogP contribution in [0.5, 0.6) is 0 Å². The molecule has 1 aromatic rings. The summed E-state index contributed by atoms with van der Waals surface area (Å²) in [6.07, 6.45) is 0. The van der Waals surface area contributed by atoms with E-state index in [2.05, 4.69) is 9.72 Å². The standard InChI is InChI=1S/C8H12N2O2S/c1-4(7(11)12-3)6-5(2)10-8(9)13-6/h4H,1-3H3,(H2,9,10). The zero-order valence-corrected chi connectivity index (χ0v) is 8.64. The van der Waals surface area contributed by atoms with E-state index in [1.165, 1.54) is 18.4 Å². The second-order valence-electron chi connectivity index (χ2n) is 2.75. The number of esters is 1. The van der Waals surface area contributed by atoms with Gasteiger partial charge in [-0.15, -0.1) is 11.3 Å². The molecule has 0 aliphatic heterocycles. The van der Waals surface area contributed by atoms with Crippen LogP contribution in [-0.4, -0.2) is 18.1 Å². The Morgan fingerprint density at radius 2 is 2.31 bits per heavy atom. The van der Waals surface area contributed by atoms with Crippen molar-refractivity contribution in [1.29, 1.82) is 0 Å². The van der Waals surface area contributed by atoms with Crippen molar-refractivity contribution in [2.45, 2.75) is 19.8 Å². The number of ether oxygens (including phenoxy) is 1. The predicted molar refractivity (Wildman–Crippen MR) is 51.7 cm³/mol. The molecule has 2 N–H and O–H groups in total. The number of carbonyl (C=O) groups is 1. The summed E-state index contributed by atoms with van der Waals surface area (Å²) in [5, 5.41) is 0.489. The molecule has 0 radical (unpaired) electrons. The normalized spacial score (nSPS) is 12.5. The van der Waals surface area contributed by atoms with Gasteiger partial charge in [0.05, 0.1) is 18.7 Å². The van der Waals surface area contributed by atoms with Crippen molar-refractivity contribution in [3.8, 4) is 0 Å². The summed E-state index contributed by atoms with van der Waals surface area (Å²) in [6.45, 7) is 3.62. The zero-order valence-electron chi connectivity index (χ0n) is 7.83. The lowest BCUT2D eigenvalue weighted by atomic mass is 10.1. The summed E-state index contributed by atoms with van der Waals surface area (Å²) in [4.78, 5) is 16.1. The van der Waals surface area contributed by atoms with Gasteiger partial charge in [-0.2, -0.15) is 0 Å². The average molecular weight is 200 g/mol.